The van der Waals surface area contributed by atoms with Gasteiger partial charge in [-0.1, -0.05) is 44.2 Å². The van der Waals surface area contributed by atoms with Gasteiger partial charge in [-0.2, -0.15) is 0 Å². The summed E-state index contributed by atoms with van der Waals surface area (Å²) in [5, 5.41) is 7.53. The van der Waals surface area contributed by atoms with Gasteiger partial charge in [0, 0.05) is 6.42 Å². The lowest BCUT2D eigenvalue weighted by Gasteiger charge is -2.07. The third kappa shape index (κ3) is 5.29. The molecule has 0 unspecified atom stereocenters. The fourth-order valence-electron chi connectivity index (χ4n) is 1.48. The molecular weight excluding hydrogens is 214 g/mol. The number of nitrogens with one attached hydrogen (secondary N) is 1. The number of hydrogen-bond donors (Lipinski definition) is 1. The number of rotatable bonds is 6. The first-order valence-electron chi connectivity index (χ1n) is 5.88. The molecule has 0 fully saturated rings. The second-order valence-electron chi connectivity index (χ2n) is 4.45. The van der Waals surface area contributed by atoms with Crippen LogP contribution in [0.4, 0.5) is 0 Å². The Kier molecular flexibility index (Phi) is 5.40. The lowest BCUT2D eigenvalue weighted by atomic mass is 10.1. The van der Waals surface area contributed by atoms with E-state index in [1.54, 1.807) is 0 Å². The molecule has 1 aromatic rings. The highest BCUT2D eigenvalue weighted by Crippen LogP contribution is 2.03. The van der Waals surface area contributed by atoms with Crippen molar-refractivity contribution in [1.82, 2.24) is 0 Å². The fraction of sp³-hybridized carbons (Fsp3) is 0.429. The molecule has 1 rings (SSSR count). The van der Waals surface area contributed by atoms with Gasteiger partial charge in [-0.15, -0.1) is 0 Å². The Morgan fingerprint density at radius 1 is 1.29 bits per heavy atom. The number of carbonyl (C=O) groups is 1. The van der Waals surface area contributed by atoms with Crippen LogP contribution in [0, 0.1) is 11.3 Å². The van der Waals surface area contributed by atoms with Crippen LogP contribution in [0.1, 0.15) is 25.8 Å². The van der Waals surface area contributed by atoms with E-state index in [4.69, 9.17) is 10.1 Å². The van der Waals surface area contributed by atoms with E-state index < -0.39 is 5.97 Å². The van der Waals surface area contributed by atoms with Crippen molar-refractivity contribution in [2.75, 3.05) is 6.61 Å². The average molecular weight is 233 g/mol. The van der Waals surface area contributed by atoms with Crippen LogP contribution in [0.2, 0.25) is 0 Å². The van der Waals surface area contributed by atoms with E-state index in [1.165, 1.54) is 0 Å². The van der Waals surface area contributed by atoms with Crippen molar-refractivity contribution < 1.29 is 9.53 Å². The number of benzene rings is 1. The van der Waals surface area contributed by atoms with Crippen molar-refractivity contribution in [3.8, 4) is 0 Å². The Balaban J connectivity index is 2.27. The van der Waals surface area contributed by atoms with Crippen LogP contribution < -0.4 is 0 Å². The highest BCUT2D eigenvalue weighted by Gasteiger charge is 2.12. The first-order chi connectivity index (χ1) is 8.09. The Labute approximate surface area is 102 Å². The molecule has 0 spiro atoms. The van der Waals surface area contributed by atoms with E-state index in [-0.39, 0.29) is 5.71 Å². The average Bonchev–Trinajstić information content (AvgIpc) is 2.29. The molecule has 0 aliphatic heterocycles. The summed E-state index contributed by atoms with van der Waals surface area (Å²) < 4.78 is 5.05. The predicted molar refractivity (Wildman–Crippen MR) is 68.3 cm³/mol. The molecule has 1 aromatic carbocycles. The summed E-state index contributed by atoms with van der Waals surface area (Å²) in [7, 11) is 0. The van der Waals surface area contributed by atoms with Crippen molar-refractivity contribution in [2.45, 2.75) is 26.7 Å². The van der Waals surface area contributed by atoms with Gasteiger partial charge < -0.3 is 4.74 Å². The maximum Gasteiger partial charge on any atom is 0.351 e. The van der Waals surface area contributed by atoms with Crippen molar-refractivity contribution in [3.63, 3.8) is 0 Å². The van der Waals surface area contributed by atoms with Gasteiger partial charge in [-0.25, -0.2) is 4.79 Å². The first-order valence-corrected chi connectivity index (χ1v) is 5.88. The maximum atomic E-state index is 11.4. The van der Waals surface area contributed by atoms with Gasteiger partial charge in [0.05, 0.1) is 6.61 Å². The molecule has 0 heterocycles. The molecule has 92 valence electrons. The van der Waals surface area contributed by atoms with Crippen LogP contribution in [-0.4, -0.2) is 18.3 Å². The molecule has 3 nitrogen and oxygen atoms in total. The minimum atomic E-state index is -0.491. The topological polar surface area (TPSA) is 50.2 Å². The zero-order valence-corrected chi connectivity index (χ0v) is 10.4. The molecule has 0 saturated heterocycles. The van der Waals surface area contributed by atoms with Gasteiger partial charge >= 0.3 is 5.97 Å². The fourth-order valence-corrected chi connectivity index (χ4v) is 1.48. The van der Waals surface area contributed by atoms with Crippen LogP contribution in [-0.2, 0) is 16.0 Å². The van der Waals surface area contributed by atoms with Gasteiger partial charge in [0.15, 0.2) is 0 Å². The van der Waals surface area contributed by atoms with Crippen LogP contribution in [0.3, 0.4) is 0 Å². The number of ether oxygens (including phenoxy) is 1. The quantitative estimate of drug-likeness (QED) is 0.606. The summed E-state index contributed by atoms with van der Waals surface area (Å²) in [6.45, 7) is 4.29. The molecule has 0 aliphatic rings. The highest BCUT2D eigenvalue weighted by molar-refractivity contribution is 6.35. The second-order valence-corrected chi connectivity index (χ2v) is 4.45. The van der Waals surface area contributed by atoms with Crippen molar-refractivity contribution in [1.29, 1.82) is 5.41 Å². The van der Waals surface area contributed by atoms with E-state index >= 15 is 0 Å². The lowest BCUT2D eigenvalue weighted by Crippen LogP contribution is -2.19. The Hall–Kier alpha value is -1.64. The number of hydrogen-bond acceptors (Lipinski definition) is 3. The van der Waals surface area contributed by atoms with Crippen molar-refractivity contribution in [3.05, 3.63) is 35.9 Å². The summed E-state index contributed by atoms with van der Waals surface area (Å²) in [5.41, 5.74) is 1.20. The SMILES string of the molecule is CC(C)CC(=N)C(=O)OCCc1ccccc1. The summed E-state index contributed by atoms with van der Waals surface area (Å²) in [4.78, 5) is 11.4. The third-order valence-electron chi connectivity index (χ3n) is 2.33. The molecule has 0 bridgehead atoms. The Morgan fingerprint density at radius 3 is 2.53 bits per heavy atom. The third-order valence-corrected chi connectivity index (χ3v) is 2.33. The van der Waals surface area contributed by atoms with Crippen molar-refractivity contribution in [2.24, 2.45) is 5.92 Å². The van der Waals surface area contributed by atoms with E-state index in [0.717, 1.165) is 5.56 Å². The maximum absolute atomic E-state index is 11.4. The van der Waals surface area contributed by atoms with Gasteiger partial charge in [0.25, 0.3) is 0 Å². The molecule has 0 amide bonds. The lowest BCUT2D eigenvalue weighted by molar-refractivity contribution is -0.135. The van der Waals surface area contributed by atoms with Gasteiger partial charge in [-0.05, 0) is 17.9 Å². The van der Waals surface area contributed by atoms with Crippen LogP contribution in [0.25, 0.3) is 0 Å². The molecule has 0 aliphatic carbocycles. The summed E-state index contributed by atoms with van der Waals surface area (Å²) >= 11 is 0. The van der Waals surface area contributed by atoms with Gasteiger partial charge in [0.2, 0.25) is 0 Å². The summed E-state index contributed by atoms with van der Waals surface area (Å²) in [6, 6.07) is 9.85. The molecule has 3 heteroatoms. The van der Waals surface area contributed by atoms with E-state index in [2.05, 4.69) is 0 Å². The molecule has 0 radical (unpaired) electrons. The minimum absolute atomic E-state index is 0.0630. The molecule has 0 saturated carbocycles. The standard InChI is InChI=1S/C14H19NO2/c1-11(2)10-13(15)14(16)17-9-8-12-6-4-3-5-7-12/h3-7,11,15H,8-10H2,1-2H3. The van der Waals surface area contributed by atoms with Crippen molar-refractivity contribution >= 4 is 11.7 Å². The monoisotopic (exact) mass is 233 g/mol. The zero-order chi connectivity index (χ0) is 12.7. The largest absolute Gasteiger partial charge is 0.461 e. The first kappa shape index (κ1) is 13.4. The van der Waals surface area contributed by atoms with Crippen LogP contribution in [0.5, 0.6) is 0 Å². The van der Waals surface area contributed by atoms with Gasteiger partial charge in [0.1, 0.15) is 5.71 Å². The highest BCUT2D eigenvalue weighted by atomic mass is 16.5. The molecule has 17 heavy (non-hydrogen) atoms. The normalized spacial score (nSPS) is 10.3. The molecule has 0 aromatic heterocycles. The van der Waals surface area contributed by atoms with E-state index in [1.807, 2.05) is 44.2 Å². The molecule has 0 atom stereocenters. The summed E-state index contributed by atoms with van der Waals surface area (Å²) in [5.74, 6) is -0.182. The zero-order valence-electron chi connectivity index (χ0n) is 10.4. The van der Waals surface area contributed by atoms with Crippen LogP contribution in [0.15, 0.2) is 30.3 Å². The number of esters is 1. The second kappa shape index (κ2) is 6.84. The molecule has 1 N–H and O–H groups in total. The Bertz CT molecular complexity index is 371. The summed E-state index contributed by atoms with van der Waals surface area (Å²) in [6.07, 6.45) is 1.17. The van der Waals surface area contributed by atoms with E-state index in [0.29, 0.717) is 25.4 Å². The van der Waals surface area contributed by atoms with Gasteiger partial charge in [-0.3, -0.25) is 5.41 Å². The predicted octanol–water partition coefficient (Wildman–Crippen LogP) is 2.84. The smallest absolute Gasteiger partial charge is 0.351 e. The number of carbonyl (C=O) groups excluding carboxylic acids is 1. The minimum Gasteiger partial charge on any atom is -0.461 e. The van der Waals surface area contributed by atoms with E-state index in [9.17, 15) is 4.79 Å². The molecular formula is C14H19NO2. The van der Waals surface area contributed by atoms with Crippen LogP contribution >= 0.6 is 0 Å². The Morgan fingerprint density at radius 2 is 1.94 bits per heavy atom.